The summed E-state index contributed by atoms with van der Waals surface area (Å²) in [4.78, 5) is 17.0. The van der Waals surface area contributed by atoms with Gasteiger partial charge in [-0.25, -0.2) is 0 Å². The largest absolute Gasteiger partial charge is 0.340 e. The van der Waals surface area contributed by atoms with E-state index in [9.17, 15) is 4.79 Å². The van der Waals surface area contributed by atoms with Crippen LogP contribution < -0.4 is 0 Å². The van der Waals surface area contributed by atoms with Gasteiger partial charge in [0.1, 0.15) is 0 Å². The quantitative estimate of drug-likeness (QED) is 0.823. The lowest BCUT2D eigenvalue weighted by molar-refractivity contribution is -0.142. The van der Waals surface area contributed by atoms with Gasteiger partial charge in [0.15, 0.2) is 0 Å². The monoisotopic (exact) mass is 316 g/mol. The van der Waals surface area contributed by atoms with Gasteiger partial charge in [0.2, 0.25) is 5.91 Å². The Morgan fingerprint density at radius 3 is 2.13 bits per heavy atom. The summed E-state index contributed by atoms with van der Waals surface area (Å²) >= 11 is 0. The van der Waals surface area contributed by atoms with Crippen LogP contribution in [0.5, 0.6) is 0 Å². The Morgan fingerprint density at radius 1 is 1.09 bits per heavy atom. The zero-order valence-electron chi connectivity index (χ0n) is 15.4. The van der Waals surface area contributed by atoms with Crippen LogP contribution in [-0.2, 0) is 11.3 Å². The van der Waals surface area contributed by atoms with Crippen molar-refractivity contribution in [3.63, 3.8) is 0 Å². The number of carbonyl (C=O) groups excluding carboxylic acids is 1. The average molecular weight is 316 g/mol. The predicted octanol–water partition coefficient (Wildman–Crippen LogP) is 3.89. The third kappa shape index (κ3) is 4.57. The Kier molecular flexibility index (Phi) is 5.85. The van der Waals surface area contributed by atoms with Crippen molar-refractivity contribution in [1.29, 1.82) is 0 Å². The normalized spacial score (nSPS) is 16.9. The van der Waals surface area contributed by atoms with Crippen molar-refractivity contribution in [2.75, 3.05) is 26.2 Å². The maximum atomic E-state index is 12.5. The van der Waals surface area contributed by atoms with E-state index in [4.69, 9.17) is 0 Å². The molecule has 1 fully saturated rings. The second kappa shape index (κ2) is 7.48. The van der Waals surface area contributed by atoms with Crippen LogP contribution >= 0.6 is 0 Å². The lowest BCUT2D eigenvalue weighted by Gasteiger charge is -2.38. The van der Waals surface area contributed by atoms with Crippen LogP contribution in [0.15, 0.2) is 24.3 Å². The van der Waals surface area contributed by atoms with E-state index in [1.54, 1.807) is 0 Å². The van der Waals surface area contributed by atoms with Gasteiger partial charge in [-0.15, -0.1) is 0 Å². The fraction of sp³-hybridized carbons (Fsp3) is 0.650. The van der Waals surface area contributed by atoms with Gasteiger partial charge in [0.25, 0.3) is 0 Å². The van der Waals surface area contributed by atoms with Crippen LogP contribution in [0.2, 0.25) is 0 Å². The van der Waals surface area contributed by atoms with Crippen LogP contribution in [0.25, 0.3) is 0 Å². The van der Waals surface area contributed by atoms with E-state index in [-0.39, 0.29) is 5.41 Å². The predicted molar refractivity (Wildman–Crippen MR) is 96.5 cm³/mol. The lowest BCUT2D eigenvalue weighted by Crippen LogP contribution is -2.51. The van der Waals surface area contributed by atoms with Crippen molar-refractivity contribution in [3.8, 4) is 0 Å². The van der Waals surface area contributed by atoms with Crippen molar-refractivity contribution in [2.24, 2.45) is 5.41 Å². The molecule has 3 heteroatoms. The van der Waals surface area contributed by atoms with E-state index >= 15 is 0 Å². The first-order valence-electron chi connectivity index (χ1n) is 8.94. The first kappa shape index (κ1) is 18.0. The highest BCUT2D eigenvalue weighted by molar-refractivity contribution is 5.82. The van der Waals surface area contributed by atoms with Crippen molar-refractivity contribution in [3.05, 3.63) is 35.4 Å². The van der Waals surface area contributed by atoms with Gasteiger partial charge in [0, 0.05) is 38.1 Å². The summed E-state index contributed by atoms with van der Waals surface area (Å²) in [6.07, 6.45) is 0.897. The third-order valence-electron chi connectivity index (χ3n) is 5.17. The molecule has 0 radical (unpaired) electrons. The molecule has 1 heterocycles. The molecular formula is C20H32N2O. The number of rotatable bonds is 5. The molecule has 0 aliphatic carbocycles. The summed E-state index contributed by atoms with van der Waals surface area (Å²) in [6, 6.07) is 8.97. The van der Waals surface area contributed by atoms with E-state index in [0.29, 0.717) is 11.8 Å². The van der Waals surface area contributed by atoms with E-state index in [1.807, 2.05) is 4.90 Å². The van der Waals surface area contributed by atoms with Crippen LogP contribution in [0.1, 0.15) is 58.1 Å². The fourth-order valence-corrected chi connectivity index (χ4v) is 2.95. The number of hydrogen-bond acceptors (Lipinski definition) is 2. The molecule has 1 aromatic carbocycles. The number of piperazine rings is 1. The summed E-state index contributed by atoms with van der Waals surface area (Å²) in [7, 11) is 0. The molecule has 1 saturated heterocycles. The Balaban J connectivity index is 1.86. The van der Waals surface area contributed by atoms with Gasteiger partial charge >= 0.3 is 0 Å². The summed E-state index contributed by atoms with van der Waals surface area (Å²) in [6.45, 7) is 15.3. The molecule has 0 saturated carbocycles. The number of nitrogens with zero attached hydrogens (tertiary/aromatic N) is 2. The third-order valence-corrected chi connectivity index (χ3v) is 5.17. The van der Waals surface area contributed by atoms with E-state index in [1.165, 1.54) is 11.1 Å². The smallest absolute Gasteiger partial charge is 0.228 e. The van der Waals surface area contributed by atoms with Crippen molar-refractivity contribution in [1.82, 2.24) is 9.80 Å². The van der Waals surface area contributed by atoms with Gasteiger partial charge in [-0.05, 0) is 23.5 Å². The Morgan fingerprint density at radius 2 is 1.65 bits per heavy atom. The Bertz CT molecular complexity index is 511. The molecule has 1 amide bonds. The number of carbonyl (C=O) groups is 1. The Labute approximate surface area is 141 Å². The molecule has 0 atom stereocenters. The van der Waals surface area contributed by atoms with Gasteiger partial charge in [-0.3, -0.25) is 9.69 Å². The van der Waals surface area contributed by atoms with E-state index in [0.717, 1.165) is 39.1 Å². The minimum atomic E-state index is -0.227. The molecule has 3 nitrogen and oxygen atoms in total. The molecule has 1 aliphatic heterocycles. The second-order valence-corrected chi connectivity index (χ2v) is 7.70. The topological polar surface area (TPSA) is 23.6 Å². The standard InChI is InChI=1S/C20H32N2O/c1-6-20(4,5)19(23)22-13-11-21(12-14-22)15-17-7-9-18(10-8-17)16(2)3/h7-10,16H,6,11-15H2,1-5H3. The average Bonchev–Trinajstić information content (AvgIpc) is 2.55. The number of hydrogen-bond donors (Lipinski definition) is 0. The molecule has 1 aliphatic rings. The summed E-state index contributed by atoms with van der Waals surface area (Å²) in [5, 5.41) is 0. The van der Waals surface area contributed by atoms with Gasteiger partial charge in [-0.1, -0.05) is 58.9 Å². The molecule has 0 bridgehead atoms. The molecule has 128 valence electrons. The molecule has 1 aromatic rings. The summed E-state index contributed by atoms with van der Waals surface area (Å²) in [5.74, 6) is 0.890. The Hall–Kier alpha value is -1.35. The SMILES string of the molecule is CCC(C)(C)C(=O)N1CCN(Cc2ccc(C(C)C)cc2)CC1. The molecule has 23 heavy (non-hydrogen) atoms. The number of amides is 1. The van der Waals surface area contributed by atoms with E-state index < -0.39 is 0 Å². The first-order chi connectivity index (χ1) is 10.8. The second-order valence-electron chi connectivity index (χ2n) is 7.70. The van der Waals surface area contributed by atoms with Gasteiger partial charge in [-0.2, -0.15) is 0 Å². The van der Waals surface area contributed by atoms with Crippen LogP contribution in [-0.4, -0.2) is 41.9 Å². The highest BCUT2D eigenvalue weighted by Crippen LogP contribution is 2.24. The minimum Gasteiger partial charge on any atom is -0.340 e. The van der Waals surface area contributed by atoms with Crippen LogP contribution in [0.4, 0.5) is 0 Å². The lowest BCUT2D eigenvalue weighted by atomic mass is 9.88. The highest BCUT2D eigenvalue weighted by atomic mass is 16.2. The van der Waals surface area contributed by atoms with Crippen molar-refractivity contribution in [2.45, 2.75) is 53.5 Å². The maximum absolute atomic E-state index is 12.5. The van der Waals surface area contributed by atoms with Crippen LogP contribution in [0, 0.1) is 5.41 Å². The zero-order valence-corrected chi connectivity index (χ0v) is 15.4. The zero-order chi connectivity index (χ0) is 17.0. The maximum Gasteiger partial charge on any atom is 0.228 e. The van der Waals surface area contributed by atoms with Crippen molar-refractivity contribution < 1.29 is 4.79 Å². The van der Waals surface area contributed by atoms with E-state index in [2.05, 4.69) is 63.8 Å². The molecule has 0 N–H and O–H groups in total. The van der Waals surface area contributed by atoms with Gasteiger partial charge < -0.3 is 4.90 Å². The molecule has 0 unspecified atom stereocenters. The summed E-state index contributed by atoms with van der Waals surface area (Å²) in [5.41, 5.74) is 2.53. The highest BCUT2D eigenvalue weighted by Gasteiger charge is 2.31. The first-order valence-corrected chi connectivity index (χ1v) is 8.94. The number of benzene rings is 1. The van der Waals surface area contributed by atoms with Gasteiger partial charge in [0.05, 0.1) is 0 Å². The van der Waals surface area contributed by atoms with Crippen LogP contribution in [0.3, 0.4) is 0 Å². The summed E-state index contributed by atoms with van der Waals surface area (Å²) < 4.78 is 0. The molecule has 0 spiro atoms. The van der Waals surface area contributed by atoms with Crippen molar-refractivity contribution >= 4 is 5.91 Å². The molecule has 0 aromatic heterocycles. The molecule has 2 rings (SSSR count). The minimum absolute atomic E-state index is 0.227. The molecular weight excluding hydrogens is 284 g/mol. The fourth-order valence-electron chi connectivity index (χ4n) is 2.95.